The summed E-state index contributed by atoms with van der Waals surface area (Å²) in [6.07, 6.45) is 8.39. The van der Waals surface area contributed by atoms with Gasteiger partial charge in [0.25, 0.3) is 5.91 Å². The first kappa shape index (κ1) is 21.7. The van der Waals surface area contributed by atoms with E-state index >= 15 is 0 Å². The Morgan fingerprint density at radius 1 is 1.25 bits per heavy atom. The number of aliphatic hydroxyl groups is 1. The third-order valence-corrected chi connectivity index (χ3v) is 5.51. The van der Waals surface area contributed by atoms with Crippen LogP contribution in [0.25, 0.3) is 22.2 Å². The van der Waals surface area contributed by atoms with Crippen molar-refractivity contribution in [2.75, 3.05) is 6.61 Å². The van der Waals surface area contributed by atoms with Crippen molar-refractivity contribution in [2.45, 2.75) is 32.4 Å². The third kappa shape index (κ3) is 4.40. The molecule has 3 heterocycles. The fraction of sp³-hybridized carbons (Fsp3) is 0.292. The highest BCUT2D eigenvalue weighted by Crippen LogP contribution is 2.25. The summed E-state index contributed by atoms with van der Waals surface area (Å²) in [5.74, 6) is -0.626. The lowest BCUT2D eigenvalue weighted by Crippen LogP contribution is -2.37. The second-order valence-electron chi connectivity index (χ2n) is 7.89. The topological polar surface area (TPSA) is 85.0 Å². The van der Waals surface area contributed by atoms with Crippen molar-refractivity contribution in [1.82, 2.24) is 24.6 Å². The van der Waals surface area contributed by atoms with E-state index in [4.69, 9.17) is 0 Å². The minimum atomic E-state index is -0.327. The fourth-order valence-corrected chi connectivity index (χ4v) is 3.85. The lowest BCUT2D eigenvalue weighted by Gasteiger charge is -2.14. The number of hydrogen-bond donors (Lipinski definition) is 2. The summed E-state index contributed by atoms with van der Waals surface area (Å²) in [7, 11) is 1.82. The lowest BCUT2D eigenvalue weighted by molar-refractivity contribution is 0.0914. The highest BCUT2D eigenvalue weighted by atomic mass is 19.1. The summed E-state index contributed by atoms with van der Waals surface area (Å²) in [4.78, 5) is 17.3. The number of nitrogens with zero attached hydrogens (tertiary/aromatic N) is 4. The van der Waals surface area contributed by atoms with E-state index in [-0.39, 0.29) is 30.9 Å². The normalized spacial score (nSPS) is 12.2. The molecule has 0 spiro atoms. The molecule has 0 aliphatic carbocycles. The van der Waals surface area contributed by atoms with Crippen molar-refractivity contribution >= 4 is 16.9 Å². The molecule has 1 unspecified atom stereocenters. The molecule has 0 fully saturated rings. The van der Waals surface area contributed by atoms with Gasteiger partial charge in [0, 0.05) is 36.8 Å². The fourth-order valence-electron chi connectivity index (χ4n) is 3.85. The van der Waals surface area contributed by atoms with Gasteiger partial charge in [-0.2, -0.15) is 5.10 Å². The molecule has 1 aromatic carbocycles. The van der Waals surface area contributed by atoms with E-state index in [0.717, 1.165) is 23.1 Å². The maximum atomic E-state index is 14.9. The zero-order valence-corrected chi connectivity index (χ0v) is 18.1. The van der Waals surface area contributed by atoms with Gasteiger partial charge in [-0.15, -0.1) is 0 Å². The molecule has 0 aliphatic heterocycles. The summed E-state index contributed by atoms with van der Waals surface area (Å²) < 4.78 is 18.4. The molecule has 4 rings (SSSR count). The van der Waals surface area contributed by atoms with Gasteiger partial charge in [-0.1, -0.05) is 25.5 Å². The molecule has 0 aliphatic rings. The molecule has 7 nitrogen and oxygen atoms in total. The predicted molar refractivity (Wildman–Crippen MR) is 121 cm³/mol. The lowest BCUT2D eigenvalue weighted by atomic mass is 10.1. The van der Waals surface area contributed by atoms with E-state index in [9.17, 15) is 14.3 Å². The number of fused-ring (bicyclic) bond motifs is 1. The SMILES string of the molecule is CCCC(CO)NC(=O)c1cn(Cc2ccc(-c3cnn(C)c3)cc2F)c2cccnc12. The van der Waals surface area contributed by atoms with Crippen LogP contribution in [0.3, 0.4) is 0 Å². The summed E-state index contributed by atoms with van der Waals surface area (Å²) in [6.45, 7) is 2.13. The summed E-state index contributed by atoms with van der Waals surface area (Å²) in [6, 6.07) is 8.45. The molecule has 2 N–H and O–H groups in total. The predicted octanol–water partition coefficient (Wildman–Crippen LogP) is 3.52. The number of aryl methyl sites for hydroxylation is 1. The Labute approximate surface area is 185 Å². The van der Waals surface area contributed by atoms with Crippen LogP contribution in [0.15, 0.2) is 55.1 Å². The van der Waals surface area contributed by atoms with Crippen LogP contribution in [0.4, 0.5) is 4.39 Å². The number of carbonyl (C=O) groups excluding carboxylic acids is 1. The largest absolute Gasteiger partial charge is 0.394 e. The van der Waals surface area contributed by atoms with Crippen LogP contribution in [-0.2, 0) is 13.6 Å². The molecular formula is C24H26FN5O2. The smallest absolute Gasteiger partial charge is 0.255 e. The Balaban J connectivity index is 1.63. The molecule has 166 valence electrons. The number of pyridine rings is 1. The molecule has 0 saturated carbocycles. The summed E-state index contributed by atoms with van der Waals surface area (Å²) >= 11 is 0. The first-order valence-electron chi connectivity index (χ1n) is 10.6. The Kier molecular flexibility index (Phi) is 6.32. The number of hydrogen-bond acceptors (Lipinski definition) is 4. The van der Waals surface area contributed by atoms with Crippen molar-refractivity contribution in [3.05, 3.63) is 72.1 Å². The van der Waals surface area contributed by atoms with Gasteiger partial charge in [-0.3, -0.25) is 14.5 Å². The summed E-state index contributed by atoms with van der Waals surface area (Å²) in [5.41, 5.74) is 3.80. The van der Waals surface area contributed by atoms with Crippen LogP contribution in [0.5, 0.6) is 0 Å². The van der Waals surface area contributed by atoms with Gasteiger partial charge in [0.05, 0.1) is 36.5 Å². The van der Waals surface area contributed by atoms with E-state index in [1.54, 1.807) is 35.4 Å². The highest BCUT2D eigenvalue weighted by molar-refractivity contribution is 6.05. The second-order valence-corrected chi connectivity index (χ2v) is 7.89. The second kappa shape index (κ2) is 9.32. The number of halogens is 1. The molecule has 0 saturated heterocycles. The van der Waals surface area contributed by atoms with Crippen LogP contribution >= 0.6 is 0 Å². The van der Waals surface area contributed by atoms with Gasteiger partial charge < -0.3 is 15.0 Å². The number of benzene rings is 1. The molecule has 1 amide bonds. The van der Waals surface area contributed by atoms with Gasteiger partial charge in [0.1, 0.15) is 11.3 Å². The van der Waals surface area contributed by atoms with Crippen LogP contribution in [-0.4, -0.2) is 43.0 Å². The number of amides is 1. The van der Waals surface area contributed by atoms with Crippen LogP contribution < -0.4 is 5.32 Å². The van der Waals surface area contributed by atoms with Crippen LogP contribution in [0.2, 0.25) is 0 Å². The van der Waals surface area contributed by atoms with E-state index < -0.39 is 0 Å². The minimum absolute atomic E-state index is 0.125. The van der Waals surface area contributed by atoms with Gasteiger partial charge in [0.2, 0.25) is 0 Å². The Morgan fingerprint density at radius 2 is 2.09 bits per heavy atom. The zero-order chi connectivity index (χ0) is 22.7. The van der Waals surface area contributed by atoms with Crippen molar-refractivity contribution in [1.29, 1.82) is 0 Å². The zero-order valence-electron chi connectivity index (χ0n) is 18.1. The number of aliphatic hydroxyl groups excluding tert-OH is 1. The average Bonchev–Trinajstić information content (AvgIpc) is 3.39. The third-order valence-electron chi connectivity index (χ3n) is 5.51. The average molecular weight is 436 g/mol. The Bertz CT molecular complexity index is 1250. The number of rotatable bonds is 8. The van der Waals surface area contributed by atoms with Crippen molar-refractivity contribution < 1.29 is 14.3 Å². The van der Waals surface area contributed by atoms with E-state index in [1.807, 2.05) is 36.9 Å². The molecule has 0 bridgehead atoms. The maximum absolute atomic E-state index is 14.9. The molecule has 0 radical (unpaired) electrons. The monoisotopic (exact) mass is 435 g/mol. The molecular weight excluding hydrogens is 409 g/mol. The van der Waals surface area contributed by atoms with E-state index in [1.165, 1.54) is 6.07 Å². The highest BCUT2D eigenvalue weighted by Gasteiger charge is 2.19. The molecule has 8 heteroatoms. The number of carbonyl (C=O) groups is 1. The van der Waals surface area contributed by atoms with Crippen LogP contribution in [0.1, 0.15) is 35.7 Å². The minimum Gasteiger partial charge on any atom is -0.394 e. The standard InChI is InChI=1S/C24H26FN5O2/c1-3-5-19(15-31)28-24(32)20-14-30(22-6-4-9-26-23(20)22)13-17-8-7-16(10-21(17)25)18-11-27-29(2)12-18/h4,6-12,14,19,31H,3,5,13,15H2,1-2H3,(H,28,32). The van der Waals surface area contributed by atoms with Gasteiger partial charge in [-0.25, -0.2) is 4.39 Å². The number of aromatic nitrogens is 4. The molecule has 32 heavy (non-hydrogen) atoms. The first-order chi connectivity index (χ1) is 15.5. The van der Waals surface area contributed by atoms with Crippen molar-refractivity contribution in [2.24, 2.45) is 7.05 Å². The van der Waals surface area contributed by atoms with Crippen molar-refractivity contribution in [3.63, 3.8) is 0 Å². The van der Waals surface area contributed by atoms with E-state index in [2.05, 4.69) is 15.4 Å². The Hall–Kier alpha value is -3.52. The molecule has 4 aromatic rings. The van der Waals surface area contributed by atoms with E-state index in [0.29, 0.717) is 23.1 Å². The van der Waals surface area contributed by atoms with Crippen LogP contribution in [0, 0.1) is 5.82 Å². The Morgan fingerprint density at radius 3 is 2.78 bits per heavy atom. The van der Waals surface area contributed by atoms with Gasteiger partial charge in [0.15, 0.2) is 0 Å². The molecule has 3 aromatic heterocycles. The quantitative estimate of drug-likeness (QED) is 0.444. The summed E-state index contributed by atoms with van der Waals surface area (Å²) in [5, 5.41) is 16.5. The molecule has 1 atom stereocenters. The maximum Gasteiger partial charge on any atom is 0.255 e. The van der Waals surface area contributed by atoms with Gasteiger partial charge in [-0.05, 0) is 30.2 Å². The van der Waals surface area contributed by atoms with Gasteiger partial charge >= 0.3 is 0 Å². The first-order valence-corrected chi connectivity index (χ1v) is 10.6. The number of nitrogens with one attached hydrogen (secondary N) is 1. The van der Waals surface area contributed by atoms with Crippen molar-refractivity contribution in [3.8, 4) is 11.1 Å².